The Morgan fingerprint density at radius 2 is 1.71 bits per heavy atom. The van der Waals surface area contributed by atoms with Crippen LogP contribution in [-0.4, -0.2) is 20.8 Å². The van der Waals surface area contributed by atoms with Crippen LogP contribution in [0.1, 0.15) is 20.7 Å². The van der Waals surface area contributed by atoms with Gasteiger partial charge in [-0.3, -0.25) is 19.4 Å². The Morgan fingerprint density at radius 3 is 2.21 bits per heavy atom. The first-order valence-corrected chi connectivity index (χ1v) is 10.4. The van der Waals surface area contributed by atoms with E-state index in [1.165, 1.54) is 16.8 Å². The van der Waals surface area contributed by atoms with Gasteiger partial charge >= 0.3 is 10.2 Å². The number of nitro groups is 1. The van der Waals surface area contributed by atoms with Crippen molar-refractivity contribution in [2.45, 2.75) is 9.65 Å². The van der Waals surface area contributed by atoms with Crippen LogP contribution in [0.25, 0.3) is 5.69 Å². The molecule has 0 spiro atoms. The third-order valence-corrected chi connectivity index (χ3v) is 7.32. The molecular formula is C17H11Br3N3O5+. The van der Waals surface area contributed by atoms with E-state index in [9.17, 15) is 19.7 Å². The Kier molecular flexibility index (Phi) is 6.26. The van der Waals surface area contributed by atoms with E-state index in [4.69, 9.17) is 0 Å². The van der Waals surface area contributed by atoms with Crippen LogP contribution in [0.3, 0.4) is 0 Å². The van der Waals surface area contributed by atoms with Crippen molar-refractivity contribution < 1.29 is 18.9 Å². The summed E-state index contributed by atoms with van der Waals surface area (Å²) in [4.78, 5) is 33.5. The maximum atomic E-state index is 12.8. The fourth-order valence-electron chi connectivity index (χ4n) is 2.44. The summed E-state index contributed by atoms with van der Waals surface area (Å²) in [5.74, 6) is -0.170. The number of rotatable bonds is 6. The lowest BCUT2D eigenvalue weighted by molar-refractivity contribution is -0.680. The van der Waals surface area contributed by atoms with Crippen molar-refractivity contribution >= 4 is 59.3 Å². The van der Waals surface area contributed by atoms with Gasteiger partial charge in [-0.25, -0.2) is 4.79 Å². The number of aromatic amines is 1. The zero-order valence-electron chi connectivity index (χ0n) is 13.8. The summed E-state index contributed by atoms with van der Waals surface area (Å²) in [6, 6.07) is 12.6. The highest BCUT2D eigenvalue weighted by Crippen LogP contribution is 2.34. The standard InChI is InChI=1S/C17H10Br3N3O5/c18-13(9-1-7-12(8-2-9)23(26)27)14(19)15(24)10-3-5-11(6-4-10)22-16(20)17(25)28-21-22/h1-8,13-14H/p+1. The quantitative estimate of drug-likeness (QED) is 0.157. The van der Waals surface area contributed by atoms with Gasteiger partial charge in [-0.15, -0.1) is 0 Å². The van der Waals surface area contributed by atoms with Crippen LogP contribution < -0.4 is 10.3 Å². The van der Waals surface area contributed by atoms with Crippen LogP contribution in [-0.2, 0) is 0 Å². The Labute approximate surface area is 183 Å². The number of H-pyrrole nitrogens is 1. The molecule has 0 saturated carbocycles. The Hall–Kier alpha value is -2.11. The molecule has 3 rings (SSSR count). The summed E-state index contributed by atoms with van der Waals surface area (Å²) in [6.45, 7) is 0. The minimum Gasteiger partial charge on any atom is -0.293 e. The minimum atomic E-state index is -0.590. The molecule has 0 aliphatic rings. The molecule has 0 aliphatic heterocycles. The number of halogens is 3. The molecule has 1 aromatic heterocycles. The molecule has 2 unspecified atom stereocenters. The maximum absolute atomic E-state index is 12.8. The molecule has 2 atom stereocenters. The summed E-state index contributed by atoms with van der Waals surface area (Å²) in [7, 11) is 0. The molecule has 1 N–H and O–H groups in total. The summed E-state index contributed by atoms with van der Waals surface area (Å²) >= 11 is 10.00. The van der Waals surface area contributed by atoms with Gasteiger partial charge in [0, 0.05) is 45.8 Å². The van der Waals surface area contributed by atoms with Crippen LogP contribution >= 0.6 is 47.8 Å². The number of aromatic nitrogens is 2. The second-order valence-corrected chi connectivity index (χ2v) is 8.39. The van der Waals surface area contributed by atoms with Gasteiger partial charge in [0.15, 0.2) is 5.78 Å². The number of Topliss-reactive ketones (excluding diaryl/α,β-unsaturated/α-hetero) is 1. The highest BCUT2D eigenvalue weighted by Gasteiger charge is 2.27. The molecule has 3 aromatic rings. The number of nitrogens with zero attached hydrogens (tertiary/aromatic N) is 2. The number of nitrogens with one attached hydrogen (secondary N) is 1. The van der Waals surface area contributed by atoms with Crippen LogP contribution in [0.15, 0.2) is 62.5 Å². The van der Waals surface area contributed by atoms with Crippen LogP contribution in [0.5, 0.6) is 0 Å². The summed E-state index contributed by atoms with van der Waals surface area (Å²) < 4.78 is 6.28. The molecular weight excluding hydrogens is 566 g/mol. The van der Waals surface area contributed by atoms with E-state index in [0.29, 0.717) is 11.3 Å². The SMILES string of the molecule is O=C(c1ccc(-[n+]2[nH]oc(=O)c2Br)cc1)C(Br)C(Br)c1ccc([N+](=O)[O-])cc1. The van der Waals surface area contributed by atoms with E-state index in [-0.39, 0.29) is 20.9 Å². The van der Waals surface area contributed by atoms with Gasteiger partial charge in [-0.05, 0) is 27.6 Å². The predicted molar refractivity (Wildman–Crippen MR) is 110 cm³/mol. The molecule has 0 aliphatic carbocycles. The first-order chi connectivity index (χ1) is 13.3. The molecule has 0 radical (unpaired) electrons. The Morgan fingerprint density at radius 1 is 1.11 bits per heavy atom. The van der Waals surface area contributed by atoms with E-state index in [1.54, 1.807) is 36.4 Å². The van der Waals surface area contributed by atoms with Crippen LogP contribution in [0.4, 0.5) is 5.69 Å². The maximum Gasteiger partial charge on any atom is 0.442 e. The molecule has 0 bridgehead atoms. The van der Waals surface area contributed by atoms with Crippen LogP contribution in [0, 0.1) is 10.1 Å². The molecule has 0 saturated heterocycles. The topological polar surface area (TPSA) is 110 Å². The fraction of sp³-hybridized carbons (Fsp3) is 0.118. The molecule has 2 aromatic carbocycles. The minimum absolute atomic E-state index is 0.0163. The van der Waals surface area contributed by atoms with Crippen molar-refractivity contribution in [3.8, 4) is 5.69 Å². The summed E-state index contributed by atoms with van der Waals surface area (Å²) in [6.07, 6.45) is 0. The van der Waals surface area contributed by atoms with E-state index in [2.05, 4.69) is 57.6 Å². The average Bonchev–Trinajstić information content (AvgIpc) is 3.05. The third-order valence-electron chi connectivity index (χ3n) is 3.93. The number of carbonyl (C=O) groups excluding carboxylic acids is 1. The number of non-ortho nitro benzene ring substituents is 1. The van der Waals surface area contributed by atoms with Gasteiger partial charge < -0.3 is 0 Å². The van der Waals surface area contributed by atoms with Gasteiger partial charge in [0.2, 0.25) is 5.69 Å². The highest BCUT2D eigenvalue weighted by atomic mass is 79.9. The van der Waals surface area contributed by atoms with Crippen LogP contribution in [0.2, 0.25) is 0 Å². The van der Waals surface area contributed by atoms with E-state index >= 15 is 0 Å². The van der Waals surface area contributed by atoms with E-state index in [1.807, 2.05) is 0 Å². The molecule has 0 fully saturated rings. The molecule has 1 heterocycles. The van der Waals surface area contributed by atoms with Crippen molar-refractivity contribution in [1.29, 1.82) is 0 Å². The zero-order valence-corrected chi connectivity index (χ0v) is 18.6. The van der Waals surface area contributed by atoms with Gasteiger partial charge in [-0.1, -0.05) is 44.0 Å². The second-order valence-electron chi connectivity index (χ2n) is 5.67. The normalized spacial score (nSPS) is 13.1. The van der Waals surface area contributed by atoms with Crippen molar-refractivity contribution in [3.63, 3.8) is 0 Å². The number of carbonyl (C=O) groups is 1. The van der Waals surface area contributed by atoms with Crippen molar-refractivity contribution in [2.75, 3.05) is 0 Å². The Balaban J connectivity index is 1.78. The van der Waals surface area contributed by atoms with Crippen molar-refractivity contribution in [1.82, 2.24) is 5.27 Å². The van der Waals surface area contributed by atoms with Crippen molar-refractivity contribution in [3.05, 3.63) is 84.8 Å². The number of hydrogen-bond donors (Lipinski definition) is 1. The average molecular weight is 577 g/mol. The van der Waals surface area contributed by atoms with Gasteiger partial charge in [0.05, 0.1) is 14.6 Å². The predicted octanol–water partition coefficient (Wildman–Crippen LogP) is 4.00. The molecule has 144 valence electrons. The van der Waals surface area contributed by atoms with Crippen molar-refractivity contribution in [2.24, 2.45) is 0 Å². The first kappa shape index (κ1) is 20.6. The fourth-order valence-corrected chi connectivity index (χ4v) is 3.92. The number of ketones is 1. The largest absolute Gasteiger partial charge is 0.442 e. The molecule has 0 amide bonds. The highest BCUT2D eigenvalue weighted by molar-refractivity contribution is 9.12. The monoisotopic (exact) mass is 574 g/mol. The van der Waals surface area contributed by atoms with Gasteiger partial charge in [0.25, 0.3) is 5.69 Å². The summed E-state index contributed by atoms with van der Waals surface area (Å²) in [5, 5.41) is 13.2. The number of hydrogen-bond acceptors (Lipinski definition) is 5. The van der Waals surface area contributed by atoms with Gasteiger partial charge in [-0.2, -0.15) is 0 Å². The summed E-state index contributed by atoms with van der Waals surface area (Å²) in [5.41, 5.74) is 1.22. The molecule has 28 heavy (non-hydrogen) atoms. The number of benzene rings is 2. The third kappa shape index (κ3) is 4.15. The van der Waals surface area contributed by atoms with E-state index in [0.717, 1.165) is 5.56 Å². The zero-order chi connectivity index (χ0) is 20.4. The molecule has 8 nitrogen and oxygen atoms in total. The first-order valence-electron chi connectivity index (χ1n) is 7.75. The van der Waals surface area contributed by atoms with E-state index < -0.39 is 15.4 Å². The number of alkyl halides is 2. The molecule has 11 heteroatoms. The lowest BCUT2D eigenvalue weighted by Gasteiger charge is -2.16. The van der Waals surface area contributed by atoms with Gasteiger partial charge in [0.1, 0.15) is 0 Å². The Bertz CT molecular complexity index is 1080. The lowest BCUT2D eigenvalue weighted by atomic mass is 10.0. The smallest absolute Gasteiger partial charge is 0.293 e. The second kappa shape index (κ2) is 8.50. The number of nitro benzene ring substituents is 1. The lowest BCUT2D eigenvalue weighted by Crippen LogP contribution is -2.34.